The van der Waals surface area contributed by atoms with Crippen molar-refractivity contribution in [2.75, 3.05) is 18.5 Å². The highest BCUT2D eigenvalue weighted by Crippen LogP contribution is 2.26. The van der Waals surface area contributed by atoms with Crippen LogP contribution in [0.15, 0.2) is 24.3 Å². The first-order valence-electron chi connectivity index (χ1n) is 6.81. The zero-order chi connectivity index (χ0) is 14.8. The largest absolute Gasteiger partial charge is 0.478 e. The molecule has 1 aliphatic heterocycles. The first-order chi connectivity index (χ1) is 9.46. The average Bonchev–Trinajstić information content (AvgIpc) is 2.46. The van der Waals surface area contributed by atoms with Gasteiger partial charge in [0.05, 0.1) is 16.8 Å². The Labute approximate surface area is 118 Å². The van der Waals surface area contributed by atoms with E-state index in [0.29, 0.717) is 5.69 Å². The number of carboxylic acids is 1. The smallest absolute Gasteiger partial charge is 0.337 e. The van der Waals surface area contributed by atoms with E-state index in [0.717, 1.165) is 25.8 Å². The minimum atomic E-state index is -1.03. The van der Waals surface area contributed by atoms with Crippen LogP contribution in [0.3, 0.4) is 0 Å². The van der Waals surface area contributed by atoms with E-state index in [2.05, 4.69) is 5.32 Å². The Morgan fingerprint density at radius 3 is 2.60 bits per heavy atom. The average molecular weight is 276 g/mol. The Balaban J connectivity index is 2.29. The number of carbonyl (C=O) groups is 2. The summed E-state index contributed by atoms with van der Waals surface area (Å²) in [6, 6.07) is 6.57. The fourth-order valence-electron chi connectivity index (χ4n) is 2.67. The van der Waals surface area contributed by atoms with Gasteiger partial charge in [0.25, 0.3) is 0 Å². The summed E-state index contributed by atoms with van der Waals surface area (Å²) in [5.74, 6) is -1.12. The van der Waals surface area contributed by atoms with Crippen LogP contribution in [0.4, 0.5) is 5.69 Å². The van der Waals surface area contributed by atoms with Gasteiger partial charge in [-0.2, -0.15) is 0 Å². The summed E-state index contributed by atoms with van der Waals surface area (Å²) >= 11 is 0. The summed E-state index contributed by atoms with van der Waals surface area (Å²) < 4.78 is 0. The SMILES string of the molecule is CN(C(=O)C1(C)CCCCN1)c1ccccc1C(=O)O. The second-order valence-electron chi connectivity index (χ2n) is 5.40. The van der Waals surface area contributed by atoms with E-state index >= 15 is 0 Å². The van der Waals surface area contributed by atoms with Crippen LogP contribution < -0.4 is 10.2 Å². The maximum Gasteiger partial charge on any atom is 0.337 e. The number of hydrogen-bond donors (Lipinski definition) is 2. The zero-order valence-electron chi connectivity index (χ0n) is 11.8. The van der Waals surface area contributed by atoms with E-state index in [1.54, 1.807) is 25.2 Å². The zero-order valence-corrected chi connectivity index (χ0v) is 11.8. The minimum Gasteiger partial charge on any atom is -0.478 e. The van der Waals surface area contributed by atoms with E-state index in [1.807, 2.05) is 6.92 Å². The van der Waals surface area contributed by atoms with Gasteiger partial charge in [0.15, 0.2) is 0 Å². The Bertz CT molecular complexity index is 522. The molecule has 1 saturated heterocycles. The van der Waals surface area contributed by atoms with Gasteiger partial charge in [-0.15, -0.1) is 0 Å². The van der Waals surface area contributed by atoms with E-state index < -0.39 is 11.5 Å². The normalized spacial score (nSPS) is 22.3. The third kappa shape index (κ3) is 2.67. The summed E-state index contributed by atoms with van der Waals surface area (Å²) in [6.07, 6.45) is 2.84. The van der Waals surface area contributed by atoms with Crippen molar-refractivity contribution in [3.8, 4) is 0 Å². The lowest BCUT2D eigenvalue weighted by molar-refractivity contribution is -0.124. The summed E-state index contributed by atoms with van der Waals surface area (Å²) in [7, 11) is 1.63. The molecule has 2 rings (SSSR count). The Morgan fingerprint density at radius 2 is 2.00 bits per heavy atom. The molecule has 0 radical (unpaired) electrons. The van der Waals surface area contributed by atoms with Gasteiger partial charge < -0.3 is 15.3 Å². The molecule has 2 N–H and O–H groups in total. The molecule has 108 valence electrons. The van der Waals surface area contributed by atoms with Gasteiger partial charge in [0, 0.05) is 7.05 Å². The van der Waals surface area contributed by atoms with E-state index in [1.165, 1.54) is 11.0 Å². The summed E-state index contributed by atoms with van der Waals surface area (Å²) in [5, 5.41) is 12.5. The van der Waals surface area contributed by atoms with Gasteiger partial charge >= 0.3 is 5.97 Å². The van der Waals surface area contributed by atoms with Crippen molar-refractivity contribution in [3.63, 3.8) is 0 Å². The number of para-hydroxylation sites is 1. The van der Waals surface area contributed by atoms with Crippen LogP contribution in [0.1, 0.15) is 36.5 Å². The number of nitrogens with zero attached hydrogens (tertiary/aromatic N) is 1. The number of anilines is 1. The van der Waals surface area contributed by atoms with Gasteiger partial charge in [-0.1, -0.05) is 12.1 Å². The first-order valence-corrected chi connectivity index (χ1v) is 6.81. The van der Waals surface area contributed by atoms with E-state index in [4.69, 9.17) is 0 Å². The predicted octanol–water partition coefficient (Wildman–Crippen LogP) is 1.88. The Hall–Kier alpha value is -1.88. The molecule has 20 heavy (non-hydrogen) atoms. The topological polar surface area (TPSA) is 69.6 Å². The predicted molar refractivity (Wildman–Crippen MR) is 77.1 cm³/mol. The van der Waals surface area contributed by atoms with Gasteiger partial charge in [-0.05, 0) is 44.9 Å². The lowest BCUT2D eigenvalue weighted by atomic mass is 9.89. The molecule has 0 aromatic heterocycles. The molecule has 0 spiro atoms. The highest BCUT2D eigenvalue weighted by Gasteiger charge is 2.37. The maximum atomic E-state index is 12.7. The number of benzene rings is 1. The number of amides is 1. The fraction of sp³-hybridized carbons (Fsp3) is 0.467. The fourth-order valence-corrected chi connectivity index (χ4v) is 2.67. The van der Waals surface area contributed by atoms with Crippen LogP contribution in [-0.4, -0.2) is 36.1 Å². The van der Waals surface area contributed by atoms with Crippen LogP contribution in [0, 0.1) is 0 Å². The molecule has 1 fully saturated rings. The molecule has 1 aliphatic rings. The van der Waals surface area contributed by atoms with Gasteiger partial charge in [-0.3, -0.25) is 4.79 Å². The summed E-state index contributed by atoms with van der Waals surface area (Å²) in [5.41, 5.74) is -0.0418. The summed E-state index contributed by atoms with van der Waals surface area (Å²) in [4.78, 5) is 25.4. The van der Waals surface area contributed by atoms with E-state index in [9.17, 15) is 14.7 Å². The molecule has 1 aromatic rings. The molecule has 1 aromatic carbocycles. The molecule has 5 heteroatoms. The van der Waals surface area contributed by atoms with Gasteiger partial charge in [0.1, 0.15) is 0 Å². The molecule has 5 nitrogen and oxygen atoms in total. The van der Waals surface area contributed by atoms with Crippen molar-refractivity contribution in [3.05, 3.63) is 29.8 Å². The van der Waals surface area contributed by atoms with Crippen molar-refractivity contribution in [1.82, 2.24) is 5.32 Å². The van der Waals surface area contributed by atoms with Crippen molar-refractivity contribution in [1.29, 1.82) is 0 Å². The van der Waals surface area contributed by atoms with Crippen LogP contribution in [-0.2, 0) is 4.79 Å². The second kappa shape index (κ2) is 5.63. The van der Waals surface area contributed by atoms with Crippen molar-refractivity contribution < 1.29 is 14.7 Å². The minimum absolute atomic E-state index is 0.0918. The third-order valence-electron chi connectivity index (χ3n) is 3.89. The second-order valence-corrected chi connectivity index (χ2v) is 5.40. The highest BCUT2D eigenvalue weighted by atomic mass is 16.4. The number of aromatic carboxylic acids is 1. The van der Waals surface area contributed by atoms with Gasteiger partial charge in [0.2, 0.25) is 5.91 Å². The third-order valence-corrected chi connectivity index (χ3v) is 3.89. The van der Waals surface area contributed by atoms with Gasteiger partial charge in [-0.25, -0.2) is 4.79 Å². The maximum absolute atomic E-state index is 12.7. The van der Waals surface area contributed by atoms with Crippen LogP contribution >= 0.6 is 0 Å². The van der Waals surface area contributed by atoms with Crippen LogP contribution in [0.5, 0.6) is 0 Å². The number of rotatable bonds is 3. The molecule has 1 unspecified atom stereocenters. The molecule has 1 heterocycles. The first kappa shape index (κ1) is 14.5. The highest BCUT2D eigenvalue weighted by molar-refractivity contribution is 6.04. The molecule has 1 amide bonds. The lowest BCUT2D eigenvalue weighted by Crippen LogP contribution is -2.57. The molecular formula is C15H20N2O3. The molecule has 0 saturated carbocycles. The quantitative estimate of drug-likeness (QED) is 0.884. The lowest BCUT2D eigenvalue weighted by Gasteiger charge is -2.37. The number of carboxylic acid groups (broad SMARTS) is 1. The molecule has 1 atom stereocenters. The number of piperidine rings is 1. The monoisotopic (exact) mass is 276 g/mol. The van der Waals surface area contributed by atoms with Crippen molar-refractivity contribution in [2.24, 2.45) is 0 Å². The summed E-state index contributed by atoms with van der Waals surface area (Å²) in [6.45, 7) is 2.70. The van der Waals surface area contributed by atoms with Crippen molar-refractivity contribution >= 4 is 17.6 Å². The van der Waals surface area contributed by atoms with Crippen LogP contribution in [0.2, 0.25) is 0 Å². The molecule has 0 aliphatic carbocycles. The number of hydrogen-bond acceptors (Lipinski definition) is 3. The molecule has 0 bridgehead atoms. The van der Waals surface area contributed by atoms with Crippen molar-refractivity contribution in [2.45, 2.75) is 31.7 Å². The number of likely N-dealkylation sites (N-methyl/N-ethyl adjacent to an activating group) is 1. The van der Waals surface area contributed by atoms with E-state index in [-0.39, 0.29) is 11.5 Å². The standard InChI is InChI=1S/C15H20N2O3/c1-15(9-5-6-10-16-15)14(20)17(2)12-8-4-3-7-11(12)13(18)19/h3-4,7-8,16H,5-6,9-10H2,1-2H3,(H,18,19). The molecular weight excluding hydrogens is 256 g/mol. The number of carbonyl (C=O) groups excluding carboxylic acids is 1. The Kier molecular flexibility index (Phi) is 4.09. The van der Waals surface area contributed by atoms with Crippen LogP contribution in [0.25, 0.3) is 0 Å². The number of nitrogens with one attached hydrogen (secondary N) is 1. The Morgan fingerprint density at radius 1 is 1.30 bits per heavy atom.